The van der Waals surface area contributed by atoms with Gasteiger partial charge in [-0.05, 0) is 37.3 Å². The summed E-state index contributed by atoms with van der Waals surface area (Å²) in [6.45, 7) is 6.64. The molecule has 1 aromatic carbocycles. The van der Waals surface area contributed by atoms with E-state index in [1.807, 2.05) is 35.2 Å². The molecular formula is C20H28N4O3. The number of nitrogens with zero attached hydrogens (tertiary/aromatic N) is 3. The molecule has 3 rings (SSSR count). The van der Waals surface area contributed by atoms with E-state index in [1.165, 1.54) is 0 Å². The van der Waals surface area contributed by atoms with E-state index in [4.69, 9.17) is 9.26 Å². The van der Waals surface area contributed by atoms with Crippen LogP contribution in [0.5, 0.6) is 5.75 Å². The number of rotatable bonds is 7. The Kier molecular flexibility index (Phi) is 6.68. The molecule has 0 radical (unpaired) electrons. The fraction of sp³-hybridized carbons (Fsp3) is 0.550. The predicted octanol–water partition coefficient (Wildman–Crippen LogP) is 3.58. The van der Waals surface area contributed by atoms with Crippen LogP contribution in [0, 0.1) is 5.92 Å². The molecule has 0 spiro atoms. The zero-order valence-corrected chi connectivity index (χ0v) is 16.1. The van der Waals surface area contributed by atoms with Gasteiger partial charge in [0, 0.05) is 25.6 Å². The van der Waals surface area contributed by atoms with Crippen LogP contribution in [0.25, 0.3) is 0 Å². The van der Waals surface area contributed by atoms with E-state index in [0.717, 1.165) is 31.6 Å². The van der Waals surface area contributed by atoms with Crippen molar-refractivity contribution in [1.82, 2.24) is 20.4 Å². The predicted molar refractivity (Wildman–Crippen MR) is 101 cm³/mol. The third kappa shape index (κ3) is 5.70. The fourth-order valence-electron chi connectivity index (χ4n) is 3.11. The Morgan fingerprint density at radius 1 is 1.37 bits per heavy atom. The molecule has 1 aliphatic heterocycles. The van der Waals surface area contributed by atoms with Crippen molar-refractivity contribution in [3.8, 4) is 5.75 Å². The second kappa shape index (κ2) is 9.39. The number of nitrogens with one attached hydrogen (secondary N) is 1. The molecule has 7 heteroatoms. The molecule has 1 aliphatic rings. The van der Waals surface area contributed by atoms with Gasteiger partial charge < -0.3 is 19.5 Å². The molecule has 1 saturated heterocycles. The lowest BCUT2D eigenvalue weighted by molar-refractivity contribution is 0.177. The number of hydrogen-bond donors (Lipinski definition) is 1. The molecule has 1 unspecified atom stereocenters. The summed E-state index contributed by atoms with van der Waals surface area (Å²) >= 11 is 0. The van der Waals surface area contributed by atoms with Gasteiger partial charge in [-0.1, -0.05) is 37.2 Å². The van der Waals surface area contributed by atoms with Crippen molar-refractivity contribution in [3.63, 3.8) is 0 Å². The summed E-state index contributed by atoms with van der Waals surface area (Å²) in [5.74, 6) is 2.55. The second-order valence-electron chi connectivity index (χ2n) is 7.35. The number of ether oxygens (including phenoxy) is 1. The Labute approximate surface area is 160 Å². The Morgan fingerprint density at radius 3 is 2.96 bits per heavy atom. The summed E-state index contributed by atoms with van der Waals surface area (Å²) in [5, 5.41) is 7.11. The first-order valence-electron chi connectivity index (χ1n) is 9.65. The summed E-state index contributed by atoms with van der Waals surface area (Å²) in [6.07, 6.45) is 2.87. The van der Waals surface area contributed by atoms with Gasteiger partial charge in [-0.2, -0.15) is 4.98 Å². The fourth-order valence-corrected chi connectivity index (χ4v) is 3.11. The second-order valence-corrected chi connectivity index (χ2v) is 7.35. The number of aromatic nitrogens is 2. The lowest BCUT2D eigenvalue weighted by Crippen LogP contribution is -2.45. The van der Waals surface area contributed by atoms with Crippen LogP contribution in [0.4, 0.5) is 4.79 Å². The van der Waals surface area contributed by atoms with E-state index in [0.29, 0.717) is 30.7 Å². The van der Waals surface area contributed by atoms with Crippen LogP contribution in [0.3, 0.4) is 0 Å². The number of para-hydroxylation sites is 1. The average Bonchev–Trinajstić information content (AvgIpc) is 3.16. The van der Waals surface area contributed by atoms with Crippen LogP contribution in [0.1, 0.15) is 50.7 Å². The number of piperidine rings is 1. The van der Waals surface area contributed by atoms with Gasteiger partial charge in [0.15, 0.2) is 12.4 Å². The number of hydrogen-bond acceptors (Lipinski definition) is 5. The molecule has 2 heterocycles. The number of carbonyl (C=O) groups excluding carboxylic acids is 1. The normalized spacial score (nSPS) is 17.1. The van der Waals surface area contributed by atoms with E-state index in [1.54, 1.807) is 0 Å². The van der Waals surface area contributed by atoms with Crippen LogP contribution in [0.2, 0.25) is 0 Å². The maximum atomic E-state index is 12.4. The third-order valence-electron chi connectivity index (χ3n) is 4.66. The summed E-state index contributed by atoms with van der Waals surface area (Å²) < 4.78 is 11.0. The summed E-state index contributed by atoms with van der Waals surface area (Å²) in [7, 11) is 0. The molecule has 146 valence electrons. The first-order chi connectivity index (χ1) is 13.1. The molecule has 7 nitrogen and oxygen atoms in total. The van der Waals surface area contributed by atoms with Crippen LogP contribution >= 0.6 is 0 Å². The minimum Gasteiger partial charge on any atom is -0.484 e. The van der Waals surface area contributed by atoms with Crippen molar-refractivity contribution in [1.29, 1.82) is 0 Å². The van der Waals surface area contributed by atoms with Crippen LogP contribution in [-0.4, -0.2) is 40.7 Å². The van der Waals surface area contributed by atoms with Gasteiger partial charge in [-0.3, -0.25) is 0 Å². The van der Waals surface area contributed by atoms with E-state index in [9.17, 15) is 4.79 Å². The maximum absolute atomic E-state index is 12.4. The summed E-state index contributed by atoms with van der Waals surface area (Å²) in [5.41, 5.74) is 0. The molecule has 1 fully saturated rings. The summed E-state index contributed by atoms with van der Waals surface area (Å²) in [4.78, 5) is 18.7. The van der Waals surface area contributed by atoms with E-state index in [2.05, 4.69) is 29.3 Å². The van der Waals surface area contributed by atoms with E-state index < -0.39 is 0 Å². The Morgan fingerprint density at radius 2 is 2.19 bits per heavy atom. The Bertz CT molecular complexity index is 717. The minimum atomic E-state index is -0.00326. The number of urea groups is 1. The SMILES string of the molecule is CC(C)CCNC(=O)N1CCCC(c2noc(COc3ccccc3)n2)C1. The molecule has 1 aromatic heterocycles. The molecule has 2 amide bonds. The summed E-state index contributed by atoms with van der Waals surface area (Å²) in [6, 6.07) is 9.53. The Balaban J connectivity index is 1.50. The molecule has 2 aromatic rings. The van der Waals surface area contributed by atoms with Gasteiger partial charge in [0.05, 0.1) is 0 Å². The van der Waals surface area contributed by atoms with Crippen molar-refractivity contribution in [2.75, 3.05) is 19.6 Å². The molecule has 1 N–H and O–H groups in total. The van der Waals surface area contributed by atoms with Crippen molar-refractivity contribution in [2.45, 2.75) is 45.6 Å². The van der Waals surface area contributed by atoms with Gasteiger partial charge >= 0.3 is 6.03 Å². The number of carbonyl (C=O) groups is 1. The molecule has 1 atom stereocenters. The quantitative estimate of drug-likeness (QED) is 0.803. The maximum Gasteiger partial charge on any atom is 0.317 e. The zero-order chi connectivity index (χ0) is 19.1. The van der Waals surface area contributed by atoms with Crippen LogP contribution in [-0.2, 0) is 6.61 Å². The number of likely N-dealkylation sites (tertiary alicyclic amines) is 1. The van der Waals surface area contributed by atoms with Crippen molar-refractivity contribution < 1.29 is 14.1 Å². The van der Waals surface area contributed by atoms with Crippen molar-refractivity contribution in [2.24, 2.45) is 5.92 Å². The Hall–Kier alpha value is -2.57. The van der Waals surface area contributed by atoms with Crippen molar-refractivity contribution in [3.05, 3.63) is 42.0 Å². The van der Waals surface area contributed by atoms with E-state index >= 15 is 0 Å². The monoisotopic (exact) mass is 372 g/mol. The van der Waals surface area contributed by atoms with Crippen LogP contribution < -0.4 is 10.1 Å². The number of amides is 2. The number of benzene rings is 1. The first kappa shape index (κ1) is 19.2. The zero-order valence-electron chi connectivity index (χ0n) is 16.1. The smallest absolute Gasteiger partial charge is 0.317 e. The minimum absolute atomic E-state index is 0.00326. The van der Waals surface area contributed by atoms with Gasteiger partial charge in [0.2, 0.25) is 0 Å². The lowest BCUT2D eigenvalue weighted by Gasteiger charge is -2.31. The highest BCUT2D eigenvalue weighted by Gasteiger charge is 2.28. The van der Waals surface area contributed by atoms with Crippen molar-refractivity contribution >= 4 is 6.03 Å². The van der Waals surface area contributed by atoms with Gasteiger partial charge in [-0.15, -0.1) is 0 Å². The van der Waals surface area contributed by atoms with Gasteiger partial charge in [0.25, 0.3) is 5.89 Å². The highest BCUT2D eigenvalue weighted by atomic mass is 16.5. The highest BCUT2D eigenvalue weighted by Crippen LogP contribution is 2.25. The molecule has 27 heavy (non-hydrogen) atoms. The van der Waals surface area contributed by atoms with Gasteiger partial charge in [0.1, 0.15) is 5.75 Å². The largest absolute Gasteiger partial charge is 0.484 e. The standard InChI is InChI=1S/C20H28N4O3/c1-15(2)10-11-21-20(25)24-12-6-7-16(13-24)19-22-18(27-23-19)14-26-17-8-4-3-5-9-17/h3-5,8-9,15-16H,6-7,10-14H2,1-2H3,(H,21,25). The van der Waals surface area contributed by atoms with E-state index in [-0.39, 0.29) is 18.6 Å². The van der Waals surface area contributed by atoms with Gasteiger partial charge in [-0.25, -0.2) is 4.79 Å². The average molecular weight is 372 g/mol. The first-order valence-corrected chi connectivity index (χ1v) is 9.65. The molecular weight excluding hydrogens is 344 g/mol. The highest BCUT2D eigenvalue weighted by molar-refractivity contribution is 5.74. The molecule has 0 bridgehead atoms. The third-order valence-corrected chi connectivity index (χ3v) is 4.66. The molecule has 0 saturated carbocycles. The lowest BCUT2D eigenvalue weighted by atomic mass is 9.98. The molecule has 0 aliphatic carbocycles. The van der Waals surface area contributed by atoms with Crippen LogP contribution in [0.15, 0.2) is 34.9 Å². The topological polar surface area (TPSA) is 80.5 Å².